The van der Waals surface area contributed by atoms with Gasteiger partial charge in [-0.1, -0.05) is 42.5 Å². The van der Waals surface area contributed by atoms with Gasteiger partial charge in [-0.3, -0.25) is 0 Å². The maximum Gasteiger partial charge on any atom is 0.121 e. The average molecular weight is 264 g/mol. The molecule has 1 aliphatic heterocycles. The van der Waals surface area contributed by atoms with Crippen molar-refractivity contribution in [2.45, 2.75) is 0 Å². The van der Waals surface area contributed by atoms with E-state index < -0.39 is 0 Å². The Hall–Kier alpha value is -2.31. The van der Waals surface area contributed by atoms with Crippen LogP contribution < -0.4 is 5.32 Å². The average Bonchev–Trinajstić information content (AvgIpc) is 2.48. The van der Waals surface area contributed by atoms with Crippen LogP contribution in [-0.2, 0) is 4.74 Å². The van der Waals surface area contributed by atoms with Crippen molar-refractivity contribution in [3.05, 3.63) is 54.6 Å². The van der Waals surface area contributed by atoms with E-state index in [0.29, 0.717) is 19.8 Å². The highest BCUT2D eigenvalue weighted by Crippen LogP contribution is 2.27. The molecular formula is C17H16N2O. The fraction of sp³-hybridized carbons (Fsp3) is 0.235. The van der Waals surface area contributed by atoms with Crippen molar-refractivity contribution in [3.63, 3.8) is 0 Å². The molecule has 3 heteroatoms. The minimum atomic E-state index is -0.349. The predicted molar refractivity (Wildman–Crippen MR) is 79.2 cm³/mol. The zero-order valence-corrected chi connectivity index (χ0v) is 11.2. The molecule has 1 heterocycles. The lowest BCUT2D eigenvalue weighted by Crippen LogP contribution is -2.46. The van der Waals surface area contributed by atoms with Gasteiger partial charge in [0.15, 0.2) is 0 Å². The third-order valence-electron chi connectivity index (χ3n) is 3.62. The molecule has 1 N–H and O–H groups in total. The van der Waals surface area contributed by atoms with E-state index in [1.807, 2.05) is 30.3 Å². The van der Waals surface area contributed by atoms with Crippen molar-refractivity contribution in [2.24, 2.45) is 5.41 Å². The fourth-order valence-corrected chi connectivity index (χ4v) is 2.24. The molecule has 2 aromatic rings. The second-order valence-corrected chi connectivity index (χ2v) is 5.18. The lowest BCUT2D eigenvalue weighted by Gasteiger charge is -2.35. The molecule has 1 fully saturated rings. The van der Waals surface area contributed by atoms with E-state index in [0.717, 1.165) is 5.69 Å². The first-order valence-electron chi connectivity index (χ1n) is 6.70. The number of ether oxygens (including phenoxy) is 1. The van der Waals surface area contributed by atoms with Gasteiger partial charge in [0.1, 0.15) is 5.41 Å². The van der Waals surface area contributed by atoms with Crippen molar-refractivity contribution >= 4 is 5.69 Å². The highest BCUT2D eigenvalue weighted by Gasteiger charge is 2.38. The lowest BCUT2D eigenvalue weighted by atomic mass is 9.88. The van der Waals surface area contributed by atoms with Crippen LogP contribution in [0.3, 0.4) is 0 Å². The first kappa shape index (κ1) is 12.7. The third-order valence-corrected chi connectivity index (χ3v) is 3.62. The molecule has 1 saturated heterocycles. The van der Waals surface area contributed by atoms with Gasteiger partial charge in [0.2, 0.25) is 0 Å². The van der Waals surface area contributed by atoms with Crippen LogP contribution in [0.15, 0.2) is 54.6 Å². The molecule has 100 valence electrons. The number of nitriles is 1. The van der Waals surface area contributed by atoms with Crippen molar-refractivity contribution < 1.29 is 4.74 Å². The number of nitrogens with one attached hydrogen (secondary N) is 1. The van der Waals surface area contributed by atoms with Crippen LogP contribution in [0.5, 0.6) is 0 Å². The minimum Gasteiger partial charge on any atom is -0.383 e. The Kier molecular flexibility index (Phi) is 3.41. The Morgan fingerprint density at radius 3 is 2.20 bits per heavy atom. The molecule has 0 atom stereocenters. The summed E-state index contributed by atoms with van der Waals surface area (Å²) in [4.78, 5) is 0. The Labute approximate surface area is 118 Å². The first-order valence-corrected chi connectivity index (χ1v) is 6.70. The van der Waals surface area contributed by atoms with Crippen LogP contribution in [0.1, 0.15) is 0 Å². The molecule has 0 aliphatic carbocycles. The SMILES string of the molecule is N#CC1(CNc2ccc(-c3ccccc3)cc2)COC1. The largest absolute Gasteiger partial charge is 0.383 e. The van der Waals surface area contributed by atoms with Gasteiger partial charge in [0, 0.05) is 12.2 Å². The molecule has 1 aliphatic rings. The molecule has 0 bridgehead atoms. The van der Waals surface area contributed by atoms with E-state index in [-0.39, 0.29) is 5.41 Å². The topological polar surface area (TPSA) is 45.0 Å². The molecule has 0 spiro atoms. The maximum absolute atomic E-state index is 9.14. The van der Waals surface area contributed by atoms with Gasteiger partial charge in [-0.05, 0) is 23.3 Å². The monoisotopic (exact) mass is 264 g/mol. The summed E-state index contributed by atoms with van der Waals surface area (Å²) >= 11 is 0. The molecule has 0 unspecified atom stereocenters. The first-order chi connectivity index (χ1) is 9.81. The van der Waals surface area contributed by atoms with Crippen molar-refractivity contribution in [1.82, 2.24) is 0 Å². The van der Waals surface area contributed by atoms with E-state index in [1.165, 1.54) is 11.1 Å². The van der Waals surface area contributed by atoms with Gasteiger partial charge < -0.3 is 10.1 Å². The minimum absolute atomic E-state index is 0.349. The van der Waals surface area contributed by atoms with E-state index in [1.54, 1.807) is 0 Å². The highest BCUT2D eigenvalue weighted by atomic mass is 16.5. The summed E-state index contributed by atoms with van der Waals surface area (Å²) in [7, 11) is 0. The van der Waals surface area contributed by atoms with Crippen LogP contribution in [0.4, 0.5) is 5.69 Å². The molecule has 3 rings (SSSR count). The van der Waals surface area contributed by atoms with Crippen LogP contribution in [0, 0.1) is 16.7 Å². The summed E-state index contributed by atoms with van der Waals surface area (Å²) in [5, 5.41) is 12.5. The number of rotatable bonds is 4. The zero-order chi connectivity index (χ0) is 13.8. The second kappa shape index (κ2) is 5.36. The number of anilines is 1. The predicted octanol–water partition coefficient (Wildman–Crippen LogP) is 3.31. The number of benzene rings is 2. The zero-order valence-electron chi connectivity index (χ0n) is 11.2. The summed E-state index contributed by atoms with van der Waals surface area (Å²) in [5.74, 6) is 0. The van der Waals surface area contributed by atoms with Gasteiger partial charge in [0.05, 0.1) is 19.3 Å². The summed E-state index contributed by atoms with van der Waals surface area (Å²) < 4.78 is 5.13. The Balaban J connectivity index is 1.66. The summed E-state index contributed by atoms with van der Waals surface area (Å²) in [6, 6.07) is 20.9. The van der Waals surface area contributed by atoms with Crippen LogP contribution in [0.2, 0.25) is 0 Å². The third kappa shape index (κ3) is 2.52. The van der Waals surface area contributed by atoms with E-state index in [9.17, 15) is 0 Å². The molecule has 0 amide bonds. The number of hydrogen-bond donors (Lipinski definition) is 1. The molecule has 0 aromatic heterocycles. The fourth-order valence-electron chi connectivity index (χ4n) is 2.24. The van der Waals surface area contributed by atoms with Crippen LogP contribution in [-0.4, -0.2) is 19.8 Å². The highest BCUT2D eigenvalue weighted by molar-refractivity contribution is 5.65. The molecular weight excluding hydrogens is 248 g/mol. The molecule has 0 radical (unpaired) electrons. The Morgan fingerprint density at radius 1 is 1.00 bits per heavy atom. The summed E-state index contributed by atoms with van der Waals surface area (Å²) in [6.45, 7) is 1.69. The van der Waals surface area contributed by atoms with Crippen molar-refractivity contribution in [2.75, 3.05) is 25.1 Å². The van der Waals surface area contributed by atoms with E-state index in [4.69, 9.17) is 10.00 Å². The van der Waals surface area contributed by atoms with Gasteiger partial charge in [-0.25, -0.2) is 0 Å². The van der Waals surface area contributed by atoms with Gasteiger partial charge >= 0.3 is 0 Å². The number of hydrogen-bond acceptors (Lipinski definition) is 3. The molecule has 3 nitrogen and oxygen atoms in total. The smallest absolute Gasteiger partial charge is 0.121 e. The van der Waals surface area contributed by atoms with Gasteiger partial charge in [0.25, 0.3) is 0 Å². The quantitative estimate of drug-likeness (QED) is 0.921. The van der Waals surface area contributed by atoms with Gasteiger partial charge in [-0.15, -0.1) is 0 Å². The van der Waals surface area contributed by atoms with E-state index in [2.05, 4.69) is 35.7 Å². The Bertz CT molecular complexity index is 610. The standard InChI is InChI=1S/C17H16N2O/c18-10-17(12-20-13-17)11-19-16-8-6-15(7-9-16)14-4-2-1-3-5-14/h1-9,19H,11-13H2. The normalized spacial score (nSPS) is 15.9. The van der Waals surface area contributed by atoms with Crippen molar-refractivity contribution in [3.8, 4) is 17.2 Å². The van der Waals surface area contributed by atoms with E-state index >= 15 is 0 Å². The number of nitrogens with zero attached hydrogens (tertiary/aromatic N) is 1. The van der Waals surface area contributed by atoms with Crippen molar-refractivity contribution in [1.29, 1.82) is 5.26 Å². The lowest BCUT2D eigenvalue weighted by molar-refractivity contribution is -0.0690. The molecule has 0 saturated carbocycles. The summed E-state index contributed by atoms with van der Waals surface area (Å²) in [5.41, 5.74) is 3.09. The van der Waals surface area contributed by atoms with Crippen LogP contribution >= 0.6 is 0 Å². The van der Waals surface area contributed by atoms with Crippen LogP contribution in [0.25, 0.3) is 11.1 Å². The molecule has 2 aromatic carbocycles. The second-order valence-electron chi connectivity index (χ2n) is 5.18. The maximum atomic E-state index is 9.14. The molecule has 20 heavy (non-hydrogen) atoms. The Morgan fingerprint density at radius 2 is 1.65 bits per heavy atom. The van der Waals surface area contributed by atoms with Gasteiger partial charge in [-0.2, -0.15) is 5.26 Å². The summed E-state index contributed by atoms with van der Waals surface area (Å²) in [6.07, 6.45) is 0.